The number of carbonyl (C=O) groups excluding carboxylic acids is 1. The van der Waals surface area contributed by atoms with E-state index < -0.39 is 0 Å². The van der Waals surface area contributed by atoms with E-state index in [0.29, 0.717) is 18.3 Å². The lowest BCUT2D eigenvalue weighted by Gasteiger charge is -2.25. The summed E-state index contributed by atoms with van der Waals surface area (Å²) in [6.45, 7) is 2.18. The van der Waals surface area contributed by atoms with Gasteiger partial charge in [-0.25, -0.2) is 4.98 Å². The first-order valence-corrected chi connectivity index (χ1v) is 10.6. The predicted octanol–water partition coefficient (Wildman–Crippen LogP) is 2.72. The van der Waals surface area contributed by atoms with E-state index in [0.717, 1.165) is 49.5 Å². The van der Waals surface area contributed by atoms with E-state index in [9.17, 15) is 4.79 Å². The number of ether oxygens (including phenoxy) is 1. The van der Waals surface area contributed by atoms with E-state index in [1.807, 2.05) is 36.5 Å². The molecular formula is C24H26N4O2. The van der Waals surface area contributed by atoms with Gasteiger partial charge in [0.2, 0.25) is 0 Å². The molecule has 2 atom stereocenters. The molecule has 6 heteroatoms. The Balaban J connectivity index is 1.18. The third kappa shape index (κ3) is 4.09. The van der Waals surface area contributed by atoms with Crippen molar-refractivity contribution in [3.05, 3.63) is 83.4 Å². The lowest BCUT2D eigenvalue weighted by Crippen LogP contribution is -2.42. The molecule has 154 valence electrons. The number of aromatic nitrogens is 2. The molecule has 6 nitrogen and oxygen atoms in total. The molecule has 1 unspecified atom stereocenters. The molecule has 0 saturated carbocycles. The van der Waals surface area contributed by atoms with Crippen LogP contribution in [0.2, 0.25) is 0 Å². The largest absolute Gasteiger partial charge is 0.491 e. The number of nitrogens with one attached hydrogen (secondary N) is 2. The van der Waals surface area contributed by atoms with Crippen molar-refractivity contribution in [2.75, 3.05) is 6.61 Å². The van der Waals surface area contributed by atoms with Crippen molar-refractivity contribution in [2.24, 2.45) is 0 Å². The molecular weight excluding hydrogens is 376 g/mol. The number of para-hydroxylation sites is 1. The highest BCUT2D eigenvalue weighted by Crippen LogP contribution is 2.24. The van der Waals surface area contributed by atoms with Gasteiger partial charge in [-0.1, -0.05) is 48.5 Å². The van der Waals surface area contributed by atoms with Crippen molar-refractivity contribution in [2.45, 2.75) is 44.4 Å². The number of hydrogen-bond donors (Lipinski definition) is 2. The molecule has 3 heterocycles. The summed E-state index contributed by atoms with van der Waals surface area (Å²) in [5.74, 6) is 1.77. The van der Waals surface area contributed by atoms with Crippen LogP contribution < -0.4 is 15.4 Å². The Labute approximate surface area is 176 Å². The summed E-state index contributed by atoms with van der Waals surface area (Å²) in [7, 11) is 0. The number of nitrogens with zero attached hydrogens (tertiary/aromatic N) is 2. The molecule has 0 aliphatic carbocycles. The van der Waals surface area contributed by atoms with Gasteiger partial charge in [-0.2, -0.15) is 0 Å². The first-order chi connectivity index (χ1) is 14.7. The summed E-state index contributed by atoms with van der Waals surface area (Å²) in [6, 6.07) is 18.8. The Kier molecular flexibility index (Phi) is 5.24. The smallest absolute Gasteiger partial charge is 0.271 e. The monoisotopic (exact) mass is 402 g/mol. The van der Waals surface area contributed by atoms with E-state index in [4.69, 9.17) is 4.74 Å². The molecule has 0 radical (unpaired) electrons. The zero-order chi connectivity index (χ0) is 20.3. The summed E-state index contributed by atoms with van der Waals surface area (Å²) < 4.78 is 7.90. The summed E-state index contributed by atoms with van der Waals surface area (Å²) >= 11 is 0. The van der Waals surface area contributed by atoms with Crippen molar-refractivity contribution in [1.29, 1.82) is 0 Å². The molecule has 2 N–H and O–H groups in total. The molecule has 2 aromatic carbocycles. The zero-order valence-corrected chi connectivity index (χ0v) is 16.9. The topological polar surface area (TPSA) is 68.2 Å². The lowest BCUT2D eigenvalue weighted by atomic mass is 10.0. The highest BCUT2D eigenvalue weighted by Gasteiger charge is 2.25. The molecule has 0 saturated heterocycles. The maximum atomic E-state index is 12.8. The third-order valence-electron chi connectivity index (χ3n) is 5.88. The first kappa shape index (κ1) is 18.9. The maximum Gasteiger partial charge on any atom is 0.271 e. The second kappa shape index (κ2) is 8.32. The van der Waals surface area contributed by atoms with Gasteiger partial charge in [-0.15, -0.1) is 0 Å². The van der Waals surface area contributed by atoms with Crippen molar-refractivity contribution in [3.63, 3.8) is 0 Å². The van der Waals surface area contributed by atoms with Gasteiger partial charge in [0.15, 0.2) is 0 Å². The maximum absolute atomic E-state index is 12.8. The summed E-state index contributed by atoms with van der Waals surface area (Å²) in [5.41, 5.74) is 2.91. The zero-order valence-electron chi connectivity index (χ0n) is 16.9. The summed E-state index contributed by atoms with van der Waals surface area (Å²) in [4.78, 5) is 17.4. The number of imidazole rings is 1. The van der Waals surface area contributed by atoms with Crippen LogP contribution in [-0.2, 0) is 25.9 Å². The van der Waals surface area contributed by atoms with Crippen LogP contribution in [0.5, 0.6) is 5.75 Å². The van der Waals surface area contributed by atoms with Gasteiger partial charge in [0, 0.05) is 31.7 Å². The highest BCUT2D eigenvalue weighted by atomic mass is 16.5. The van der Waals surface area contributed by atoms with Crippen LogP contribution in [0.15, 0.2) is 60.8 Å². The minimum atomic E-state index is -0.126. The van der Waals surface area contributed by atoms with Gasteiger partial charge in [-0.05, 0) is 30.0 Å². The van der Waals surface area contributed by atoms with Crippen LogP contribution in [-0.4, -0.2) is 34.1 Å². The highest BCUT2D eigenvalue weighted by molar-refractivity contribution is 5.92. The Morgan fingerprint density at radius 3 is 2.83 bits per heavy atom. The van der Waals surface area contributed by atoms with Gasteiger partial charge in [0.1, 0.15) is 23.9 Å². The number of amides is 1. The second-order valence-corrected chi connectivity index (χ2v) is 8.09. The Morgan fingerprint density at radius 2 is 1.93 bits per heavy atom. The van der Waals surface area contributed by atoms with Gasteiger partial charge in [0.05, 0.1) is 6.04 Å². The fourth-order valence-electron chi connectivity index (χ4n) is 4.26. The Hall–Kier alpha value is -3.12. The number of fused-ring (bicyclic) bond motifs is 2. The lowest BCUT2D eigenvalue weighted by molar-refractivity contribution is 0.0910. The van der Waals surface area contributed by atoms with E-state index in [2.05, 4.69) is 44.5 Å². The van der Waals surface area contributed by atoms with Crippen molar-refractivity contribution in [1.82, 2.24) is 20.2 Å². The molecule has 30 heavy (non-hydrogen) atoms. The molecule has 0 bridgehead atoms. The van der Waals surface area contributed by atoms with Crippen molar-refractivity contribution in [3.8, 4) is 5.75 Å². The number of carbonyl (C=O) groups is 1. The Bertz CT molecular complexity index is 1030. The predicted molar refractivity (Wildman–Crippen MR) is 115 cm³/mol. The van der Waals surface area contributed by atoms with Crippen LogP contribution in [0.3, 0.4) is 0 Å². The van der Waals surface area contributed by atoms with Crippen molar-refractivity contribution < 1.29 is 9.53 Å². The second-order valence-electron chi connectivity index (χ2n) is 8.09. The molecule has 1 amide bonds. The quantitative estimate of drug-likeness (QED) is 0.689. The molecule has 5 rings (SSSR count). The molecule has 0 fully saturated rings. The van der Waals surface area contributed by atoms with Gasteiger partial charge < -0.3 is 19.9 Å². The van der Waals surface area contributed by atoms with Crippen LogP contribution in [0.1, 0.15) is 33.9 Å². The van der Waals surface area contributed by atoms with Crippen molar-refractivity contribution >= 4 is 5.91 Å². The fourth-order valence-corrected chi connectivity index (χ4v) is 4.26. The minimum absolute atomic E-state index is 0.0357. The van der Waals surface area contributed by atoms with E-state index in [1.165, 1.54) is 5.56 Å². The van der Waals surface area contributed by atoms with Gasteiger partial charge in [0.25, 0.3) is 5.91 Å². The number of rotatable bonds is 5. The average Bonchev–Trinajstić information content (AvgIpc) is 3.22. The normalized spacial score (nSPS) is 20.0. The van der Waals surface area contributed by atoms with Gasteiger partial charge >= 0.3 is 0 Å². The number of benzene rings is 2. The van der Waals surface area contributed by atoms with Crippen LogP contribution in [0.25, 0.3) is 0 Å². The standard InChI is InChI=1S/C24H26N4O2/c29-24(26-20-12-18-8-4-5-9-22(18)30-16-20)21-15-28-14-19(10-11-23(28)27-21)25-13-17-6-2-1-3-7-17/h1-9,15,19-20,25H,10-14,16H2,(H,26,29)/t19?,20-/m1/s1. The Morgan fingerprint density at radius 1 is 1.10 bits per heavy atom. The minimum Gasteiger partial charge on any atom is -0.491 e. The first-order valence-electron chi connectivity index (χ1n) is 10.6. The number of aryl methyl sites for hydroxylation is 1. The summed E-state index contributed by atoms with van der Waals surface area (Å²) in [6.07, 6.45) is 4.57. The molecule has 2 aliphatic rings. The fraction of sp³-hybridized carbons (Fsp3) is 0.333. The molecule has 3 aromatic rings. The average molecular weight is 402 g/mol. The van der Waals surface area contributed by atoms with E-state index in [1.54, 1.807) is 0 Å². The van der Waals surface area contributed by atoms with E-state index in [-0.39, 0.29) is 11.9 Å². The van der Waals surface area contributed by atoms with Crippen LogP contribution in [0.4, 0.5) is 0 Å². The third-order valence-corrected chi connectivity index (χ3v) is 5.88. The molecule has 1 aromatic heterocycles. The molecule has 0 spiro atoms. The number of hydrogen-bond acceptors (Lipinski definition) is 4. The SMILES string of the molecule is O=C(N[C@H]1COc2ccccc2C1)c1cn2c(n1)CCC(NCc1ccccc1)C2. The van der Waals surface area contributed by atoms with Gasteiger partial charge in [-0.3, -0.25) is 4.79 Å². The van der Waals surface area contributed by atoms with E-state index >= 15 is 0 Å². The summed E-state index contributed by atoms with van der Waals surface area (Å²) in [5, 5.41) is 6.71. The van der Waals surface area contributed by atoms with Crippen LogP contribution in [0, 0.1) is 0 Å². The molecule has 2 aliphatic heterocycles. The van der Waals surface area contributed by atoms with Crippen LogP contribution >= 0.6 is 0 Å².